The predicted molar refractivity (Wildman–Crippen MR) is 108 cm³/mol. The Morgan fingerprint density at radius 1 is 1.07 bits per heavy atom. The number of carbonyl (C=O) groups excluding carboxylic acids is 2. The molecule has 0 spiro atoms. The molecule has 0 unspecified atom stereocenters. The van der Waals surface area contributed by atoms with E-state index in [0.29, 0.717) is 11.1 Å². The second-order valence-electron chi connectivity index (χ2n) is 8.08. The lowest BCUT2D eigenvalue weighted by Gasteiger charge is -2.20. The van der Waals surface area contributed by atoms with E-state index in [0.717, 1.165) is 17.7 Å². The van der Waals surface area contributed by atoms with Gasteiger partial charge in [-0.3, -0.25) is 9.59 Å². The van der Waals surface area contributed by atoms with Gasteiger partial charge in [-0.25, -0.2) is 0 Å². The summed E-state index contributed by atoms with van der Waals surface area (Å²) in [7, 11) is 0. The summed E-state index contributed by atoms with van der Waals surface area (Å²) in [5.74, 6) is -1.62. The molecule has 7 heteroatoms. The Morgan fingerprint density at radius 3 is 2.33 bits per heavy atom. The van der Waals surface area contributed by atoms with Crippen molar-refractivity contribution in [2.45, 2.75) is 38.9 Å². The molecule has 0 aliphatic carbocycles. The summed E-state index contributed by atoms with van der Waals surface area (Å²) in [6.07, 6.45) is -4.47. The van der Waals surface area contributed by atoms with E-state index in [1.807, 2.05) is 32.9 Å². The molecular weight excluding hydrogens is 393 g/mol. The summed E-state index contributed by atoms with van der Waals surface area (Å²) >= 11 is 0. The number of aryl methyl sites for hydroxylation is 1. The molecule has 1 heterocycles. The molecule has 1 aliphatic heterocycles. The van der Waals surface area contributed by atoms with Gasteiger partial charge in [-0.2, -0.15) is 13.2 Å². The third-order valence-corrected chi connectivity index (χ3v) is 5.32. The molecule has 30 heavy (non-hydrogen) atoms. The smallest absolute Gasteiger partial charge is 0.354 e. The summed E-state index contributed by atoms with van der Waals surface area (Å²) in [5, 5.41) is 2.84. The van der Waals surface area contributed by atoms with E-state index in [1.165, 1.54) is 6.07 Å². The highest BCUT2D eigenvalue weighted by Gasteiger charge is 2.41. The van der Waals surface area contributed by atoms with Crippen molar-refractivity contribution in [2.24, 2.45) is 5.92 Å². The molecular formula is C23H25F3N2O2. The number of likely N-dealkylation sites (tertiary alicyclic amines) is 1. The van der Waals surface area contributed by atoms with Crippen LogP contribution in [0.3, 0.4) is 0 Å². The molecule has 2 aromatic rings. The van der Waals surface area contributed by atoms with E-state index < -0.39 is 23.6 Å². The van der Waals surface area contributed by atoms with Crippen LogP contribution in [0.1, 0.15) is 46.8 Å². The first-order valence-corrected chi connectivity index (χ1v) is 9.89. The predicted octanol–water partition coefficient (Wildman–Crippen LogP) is 4.39. The Hall–Kier alpha value is -2.83. The largest absolute Gasteiger partial charge is 0.416 e. The molecule has 2 atom stereocenters. The number of alkyl halides is 3. The minimum atomic E-state index is -4.47. The third kappa shape index (κ3) is 4.83. The number of hydrogen-bond donors (Lipinski definition) is 1. The van der Waals surface area contributed by atoms with Gasteiger partial charge in [-0.1, -0.05) is 35.9 Å². The van der Waals surface area contributed by atoms with Gasteiger partial charge in [0, 0.05) is 30.6 Å². The zero-order valence-corrected chi connectivity index (χ0v) is 17.2. The van der Waals surface area contributed by atoms with Crippen LogP contribution < -0.4 is 5.32 Å². The second kappa shape index (κ2) is 8.50. The van der Waals surface area contributed by atoms with Crippen LogP contribution in [0.4, 0.5) is 13.2 Å². The van der Waals surface area contributed by atoms with Crippen molar-refractivity contribution in [3.05, 3.63) is 70.8 Å². The number of nitrogens with one attached hydrogen (secondary N) is 1. The van der Waals surface area contributed by atoms with Crippen LogP contribution >= 0.6 is 0 Å². The summed E-state index contributed by atoms with van der Waals surface area (Å²) in [6.45, 7) is 5.90. The van der Waals surface area contributed by atoms with E-state index in [-0.39, 0.29) is 30.9 Å². The fourth-order valence-corrected chi connectivity index (χ4v) is 3.79. The Balaban J connectivity index is 1.92. The topological polar surface area (TPSA) is 49.4 Å². The lowest BCUT2D eigenvalue weighted by molar-refractivity contribution is -0.137. The van der Waals surface area contributed by atoms with Crippen LogP contribution in [0.2, 0.25) is 0 Å². The molecule has 0 radical (unpaired) electrons. The van der Waals surface area contributed by atoms with Gasteiger partial charge < -0.3 is 10.2 Å². The van der Waals surface area contributed by atoms with E-state index in [4.69, 9.17) is 0 Å². The number of amides is 2. The van der Waals surface area contributed by atoms with Crippen LogP contribution in [-0.4, -0.2) is 35.8 Å². The maximum absolute atomic E-state index is 13.2. The van der Waals surface area contributed by atoms with Crippen molar-refractivity contribution in [3.8, 4) is 0 Å². The van der Waals surface area contributed by atoms with Crippen molar-refractivity contribution in [2.75, 3.05) is 13.1 Å². The standard InChI is InChI=1S/C23H25F3N2O2/c1-14(2)27-21(29)20-13-28(22(30)16-9-7-15(3)8-10-16)12-19(20)17-5-4-6-18(11-17)23(24,25)26/h4-11,14,19-20H,12-13H2,1-3H3,(H,27,29)/t19-,20-/m0/s1. The first-order valence-electron chi connectivity index (χ1n) is 9.89. The van der Waals surface area contributed by atoms with Gasteiger partial charge in [0.1, 0.15) is 0 Å². The lowest BCUT2D eigenvalue weighted by atomic mass is 9.87. The normalized spacial score (nSPS) is 19.2. The fourth-order valence-electron chi connectivity index (χ4n) is 3.79. The molecule has 0 saturated carbocycles. The zero-order valence-electron chi connectivity index (χ0n) is 17.2. The summed E-state index contributed by atoms with van der Waals surface area (Å²) in [6, 6.07) is 12.0. The van der Waals surface area contributed by atoms with Gasteiger partial charge in [0.2, 0.25) is 5.91 Å². The van der Waals surface area contributed by atoms with Crippen molar-refractivity contribution in [3.63, 3.8) is 0 Å². The molecule has 3 rings (SSSR count). The van der Waals surface area contributed by atoms with Crippen LogP contribution in [-0.2, 0) is 11.0 Å². The number of hydrogen-bond acceptors (Lipinski definition) is 2. The van der Waals surface area contributed by atoms with Gasteiger partial charge in [0.15, 0.2) is 0 Å². The fraction of sp³-hybridized carbons (Fsp3) is 0.391. The molecule has 0 bridgehead atoms. The minimum absolute atomic E-state index is 0.110. The maximum Gasteiger partial charge on any atom is 0.416 e. The van der Waals surface area contributed by atoms with Gasteiger partial charge in [0.05, 0.1) is 11.5 Å². The second-order valence-corrected chi connectivity index (χ2v) is 8.08. The maximum atomic E-state index is 13.2. The molecule has 0 aromatic heterocycles. The third-order valence-electron chi connectivity index (χ3n) is 5.32. The highest BCUT2D eigenvalue weighted by Crippen LogP contribution is 2.37. The van der Waals surface area contributed by atoms with Crippen molar-refractivity contribution >= 4 is 11.8 Å². The highest BCUT2D eigenvalue weighted by molar-refractivity contribution is 5.95. The number of carbonyl (C=O) groups is 2. The van der Waals surface area contributed by atoms with E-state index in [1.54, 1.807) is 23.1 Å². The Bertz CT molecular complexity index is 923. The van der Waals surface area contributed by atoms with E-state index in [2.05, 4.69) is 5.32 Å². The highest BCUT2D eigenvalue weighted by atomic mass is 19.4. The molecule has 160 valence electrons. The van der Waals surface area contributed by atoms with Gasteiger partial charge in [0.25, 0.3) is 5.91 Å². The summed E-state index contributed by atoms with van der Waals surface area (Å²) in [4.78, 5) is 27.3. The van der Waals surface area contributed by atoms with Gasteiger partial charge in [-0.15, -0.1) is 0 Å². The number of benzene rings is 2. The Kier molecular flexibility index (Phi) is 6.19. The number of halogens is 3. The van der Waals surface area contributed by atoms with Crippen LogP contribution in [0.15, 0.2) is 48.5 Å². The summed E-state index contributed by atoms with van der Waals surface area (Å²) in [5.41, 5.74) is 1.16. The van der Waals surface area contributed by atoms with E-state index in [9.17, 15) is 22.8 Å². The molecule has 4 nitrogen and oxygen atoms in total. The SMILES string of the molecule is Cc1ccc(C(=O)N2C[C@H](C(=O)NC(C)C)[C@H](c3cccc(C(F)(F)F)c3)C2)cc1. The van der Waals surface area contributed by atoms with Crippen LogP contribution in [0.5, 0.6) is 0 Å². The minimum Gasteiger partial charge on any atom is -0.354 e. The lowest BCUT2D eigenvalue weighted by Crippen LogP contribution is -2.39. The van der Waals surface area contributed by atoms with Crippen LogP contribution in [0.25, 0.3) is 0 Å². The van der Waals surface area contributed by atoms with E-state index >= 15 is 0 Å². The zero-order chi connectivity index (χ0) is 22.1. The molecule has 2 amide bonds. The van der Waals surface area contributed by atoms with Gasteiger partial charge in [-0.05, 0) is 44.5 Å². The Labute approximate surface area is 174 Å². The molecule has 1 saturated heterocycles. The molecule has 1 aliphatic rings. The molecule has 1 N–H and O–H groups in total. The molecule has 1 fully saturated rings. The average Bonchev–Trinajstić information content (AvgIpc) is 3.12. The van der Waals surface area contributed by atoms with Crippen molar-refractivity contribution in [1.29, 1.82) is 0 Å². The summed E-state index contributed by atoms with van der Waals surface area (Å²) < 4.78 is 39.6. The van der Waals surface area contributed by atoms with Crippen molar-refractivity contribution in [1.82, 2.24) is 10.2 Å². The van der Waals surface area contributed by atoms with Crippen molar-refractivity contribution < 1.29 is 22.8 Å². The number of nitrogens with zero attached hydrogens (tertiary/aromatic N) is 1. The first kappa shape index (κ1) is 21.9. The number of rotatable bonds is 4. The monoisotopic (exact) mass is 418 g/mol. The van der Waals surface area contributed by atoms with Crippen LogP contribution in [0, 0.1) is 12.8 Å². The first-order chi connectivity index (χ1) is 14.1. The Morgan fingerprint density at radius 2 is 1.73 bits per heavy atom. The molecule has 2 aromatic carbocycles. The quantitative estimate of drug-likeness (QED) is 0.801. The average molecular weight is 418 g/mol. The van der Waals surface area contributed by atoms with Gasteiger partial charge >= 0.3 is 6.18 Å².